The van der Waals surface area contributed by atoms with Crippen molar-refractivity contribution in [2.45, 2.75) is 56.6 Å². The highest BCUT2D eigenvalue weighted by molar-refractivity contribution is 8.00. The molecule has 4 nitrogen and oxygen atoms in total. The number of benzene rings is 1. The highest BCUT2D eigenvalue weighted by Crippen LogP contribution is 2.32. The first kappa shape index (κ1) is 18.6. The minimum absolute atomic E-state index is 0.0164. The zero-order valence-electron chi connectivity index (χ0n) is 13.5. The van der Waals surface area contributed by atoms with Crippen LogP contribution in [0.1, 0.15) is 46.5 Å². The molecule has 5 heteroatoms. The lowest BCUT2D eigenvalue weighted by atomic mass is 10.1. The van der Waals surface area contributed by atoms with Crippen molar-refractivity contribution in [1.29, 1.82) is 0 Å². The maximum atomic E-state index is 12.2. The summed E-state index contributed by atoms with van der Waals surface area (Å²) in [6, 6.07) is 7.39. The van der Waals surface area contributed by atoms with E-state index in [0.29, 0.717) is 12.1 Å². The Morgan fingerprint density at radius 1 is 1.18 bits per heavy atom. The smallest absolute Gasteiger partial charge is 0.316 e. The summed E-state index contributed by atoms with van der Waals surface area (Å²) in [4.78, 5) is 24.3. The first-order valence-electron chi connectivity index (χ1n) is 7.78. The molecule has 0 radical (unpaired) electrons. The van der Waals surface area contributed by atoms with Crippen LogP contribution in [0.5, 0.6) is 0 Å². The van der Waals surface area contributed by atoms with E-state index in [9.17, 15) is 14.7 Å². The van der Waals surface area contributed by atoms with Gasteiger partial charge in [0.2, 0.25) is 5.91 Å². The number of thioether (sulfide) groups is 1. The molecule has 2 atom stereocenters. The second kappa shape index (κ2) is 9.51. The van der Waals surface area contributed by atoms with Gasteiger partial charge >= 0.3 is 5.97 Å². The molecule has 0 fully saturated rings. The minimum atomic E-state index is -0.813. The zero-order valence-corrected chi connectivity index (χ0v) is 14.3. The molecule has 2 N–H and O–H groups in total. The molecule has 0 aromatic heterocycles. The number of carbonyl (C=O) groups excluding carboxylic acids is 1. The molecular formula is C17H25NO3S. The van der Waals surface area contributed by atoms with Crippen molar-refractivity contribution < 1.29 is 14.7 Å². The molecule has 0 heterocycles. The lowest BCUT2D eigenvalue weighted by Crippen LogP contribution is -2.21. The van der Waals surface area contributed by atoms with E-state index in [4.69, 9.17) is 0 Å². The summed E-state index contributed by atoms with van der Waals surface area (Å²) in [6.07, 6.45) is 3.22. The molecule has 1 aromatic rings. The van der Waals surface area contributed by atoms with Crippen molar-refractivity contribution in [3.63, 3.8) is 0 Å². The third-order valence-electron chi connectivity index (χ3n) is 3.41. The minimum Gasteiger partial charge on any atom is -0.480 e. The largest absolute Gasteiger partial charge is 0.480 e. The fourth-order valence-corrected chi connectivity index (χ4v) is 3.31. The van der Waals surface area contributed by atoms with Crippen molar-refractivity contribution in [1.82, 2.24) is 0 Å². The monoisotopic (exact) mass is 323 g/mol. The van der Waals surface area contributed by atoms with Crippen molar-refractivity contribution in [2.75, 3.05) is 5.32 Å². The zero-order chi connectivity index (χ0) is 16.5. The quantitative estimate of drug-likeness (QED) is 0.661. The first-order valence-corrected chi connectivity index (χ1v) is 8.66. The Hall–Kier alpha value is -1.49. The van der Waals surface area contributed by atoms with E-state index in [0.717, 1.165) is 24.2 Å². The summed E-state index contributed by atoms with van der Waals surface area (Å²) in [7, 11) is 0. The summed E-state index contributed by atoms with van der Waals surface area (Å²) >= 11 is 1.30. The van der Waals surface area contributed by atoms with Crippen LogP contribution in [0.2, 0.25) is 0 Å². The fourth-order valence-electron chi connectivity index (χ4n) is 2.14. The number of anilines is 1. The van der Waals surface area contributed by atoms with Gasteiger partial charge in [0.25, 0.3) is 0 Å². The van der Waals surface area contributed by atoms with E-state index in [2.05, 4.69) is 12.2 Å². The summed E-state index contributed by atoms with van der Waals surface area (Å²) in [5.41, 5.74) is 0.697. The van der Waals surface area contributed by atoms with Crippen molar-refractivity contribution >= 4 is 29.3 Å². The number of hydrogen-bond acceptors (Lipinski definition) is 3. The van der Waals surface area contributed by atoms with E-state index in [-0.39, 0.29) is 11.8 Å². The van der Waals surface area contributed by atoms with Gasteiger partial charge in [-0.25, -0.2) is 0 Å². The number of carboxylic acids is 1. The first-order chi connectivity index (χ1) is 10.5. The fraction of sp³-hybridized carbons (Fsp3) is 0.529. The van der Waals surface area contributed by atoms with Crippen molar-refractivity contribution in [3.8, 4) is 0 Å². The second-order valence-corrected chi connectivity index (χ2v) is 6.65. The Morgan fingerprint density at radius 2 is 1.82 bits per heavy atom. The Balaban J connectivity index is 2.85. The number of carbonyl (C=O) groups is 2. The number of rotatable bonds is 9. The predicted molar refractivity (Wildman–Crippen MR) is 91.3 cm³/mol. The van der Waals surface area contributed by atoms with Gasteiger partial charge in [0.1, 0.15) is 5.25 Å². The number of carboxylic acid groups (broad SMARTS) is 1. The topological polar surface area (TPSA) is 66.4 Å². The van der Waals surface area contributed by atoms with Crippen LogP contribution in [0, 0.1) is 5.92 Å². The molecule has 22 heavy (non-hydrogen) atoms. The van der Waals surface area contributed by atoms with Gasteiger partial charge in [0.05, 0.1) is 5.69 Å². The summed E-state index contributed by atoms with van der Waals surface area (Å²) in [5, 5.41) is 11.7. The van der Waals surface area contributed by atoms with Crippen LogP contribution < -0.4 is 5.32 Å². The van der Waals surface area contributed by atoms with Crippen LogP contribution in [0.15, 0.2) is 29.2 Å². The molecule has 122 valence electrons. The Bertz CT molecular complexity index is 504. The molecule has 0 aliphatic heterocycles. The summed E-state index contributed by atoms with van der Waals surface area (Å²) < 4.78 is 0. The molecular weight excluding hydrogens is 298 g/mol. The second-order valence-electron chi connectivity index (χ2n) is 5.41. The Kier molecular flexibility index (Phi) is 8.02. The maximum absolute atomic E-state index is 12.2. The van der Waals surface area contributed by atoms with Gasteiger partial charge in [-0.3, -0.25) is 9.59 Å². The van der Waals surface area contributed by atoms with Crippen molar-refractivity contribution in [2.24, 2.45) is 5.92 Å². The van der Waals surface area contributed by atoms with Crippen LogP contribution in [0.25, 0.3) is 0 Å². The summed E-state index contributed by atoms with van der Waals surface area (Å²) in [5.74, 6) is -0.876. The standard InChI is InChI=1S/C17H25NO3S/c1-4-8-12(3)16(19)18-13-10-6-7-11-14(13)22-15(9-5-2)17(20)21/h6-7,10-12,15H,4-5,8-9H2,1-3H3,(H,18,19)(H,20,21). The predicted octanol–water partition coefficient (Wildman–Crippen LogP) is 4.41. The lowest BCUT2D eigenvalue weighted by molar-refractivity contribution is -0.136. The highest BCUT2D eigenvalue weighted by Gasteiger charge is 2.20. The molecule has 0 spiro atoms. The average Bonchev–Trinajstić information content (AvgIpc) is 2.48. The van der Waals surface area contributed by atoms with E-state index in [1.165, 1.54) is 11.8 Å². The molecule has 0 aliphatic carbocycles. The SMILES string of the molecule is CCCC(C)C(=O)Nc1ccccc1SC(CCC)C(=O)O. The normalized spacial score (nSPS) is 13.4. The van der Waals surface area contributed by atoms with Gasteiger partial charge in [-0.1, -0.05) is 45.7 Å². The van der Waals surface area contributed by atoms with Gasteiger partial charge in [0.15, 0.2) is 0 Å². The van der Waals surface area contributed by atoms with Gasteiger partial charge in [-0.2, -0.15) is 0 Å². The van der Waals surface area contributed by atoms with Crippen LogP contribution in [-0.4, -0.2) is 22.2 Å². The third kappa shape index (κ3) is 5.72. The lowest BCUT2D eigenvalue weighted by Gasteiger charge is -2.16. The van der Waals surface area contributed by atoms with Crippen LogP contribution in [-0.2, 0) is 9.59 Å². The van der Waals surface area contributed by atoms with E-state index < -0.39 is 11.2 Å². The number of hydrogen-bond donors (Lipinski definition) is 2. The number of amides is 1. The molecule has 0 saturated heterocycles. The Labute approximate surface area is 136 Å². The van der Waals surface area contributed by atoms with E-state index >= 15 is 0 Å². The molecule has 2 unspecified atom stereocenters. The molecule has 0 saturated carbocycles. The van der Waals surface area contributed by atoms with E-state index in [1.54, 1.807) is 0 Å². The molecule has 0 aliphatic rings. The van der Waals surface area contributed by atoms with Crippen molar-refractivity contribution in [3.05, 3.63) is 24.3 Å². The molecule has 1 amide bonds. The number of nitrogens with one attached hydrogen (secondary N) is 1. The third-order valence-corrected chi connectivity index (χ3v) is 4.74. The van der Waals surface area contributed by atoms with Gasteiger partial charge < -0.3 is 10.4 Å². The maximum Gasteiger partial charge on any atom is 0.316 e. The van der Waals surface area contributed by atoms with Crippen LogP contribution in [0.3, 0.4) is 0 Å². The van der Waals surface area contributed by atoms with Crippen LogP contribution >= 0.6 is 11.8 Å². The van der Waals surface area contributed by atoms with Gasteiger partial charge in [0, 0.05) is 10.8 Å². The van der Waals surface area contributed by atoms with Crippen LogP contribution in [0.4, 0.5) is 5.69 Å². The van der Waals surface area contributed by atoms with Gasteiger partial charge in [-0.05, 0) is 25.0 Å². The molecule has 0 bridgehead atoms. The molecule has 1 aromatic carbocycles. The Morgan fingerprint density at radius 3 is 2.41 bits per heavy atom. The molecule has 1 rings (SSSR count). The highest BCUT2D eigenvalue weighted by atomic mass is 32.2. The number of aliphatic carboxylic acids is 1. The average molecular weight is 323 g/mol. The van der Waals surface area contributed by atoms with Gasteiger partial charge in [-0.15, -0.1) is 11.8 Å². The summed E-state index contributed by atoms with van der Waals surface area (Å²) in [6.45, 7) is 5.93. The van der Waals surface area contributed by atoms with E-state index in [1.807, 2.05) is 38.1 Å². The number of para-hydroxylation sites is 1.